The van der Waals surface area contributed by atoms with E-state index in [1.165, 1.54) is 4.85 Å². The van der Waals surface area contributed by atoms with E-state index in [-0.39, 0.29) is 0 Å². The molecule has 0 aliphatic rings. The van der Waals surface area contributed by atoms with Crippen LogP contribution in [0.1, 0.15) is 5.56 Å². The van der Waals surface area contributed by atoms with E-state index < -0.39 is 0 Å². The van der Waals surface area contributed by atoms with E-state index in [0.29, 0.717) is 13.2 Å². The van der Waals surface area contributed by atoms with Gasteiger partial charge in [-0.25, -0.2) is 4.98 Å². The highest BCUT2D eigenvalue weighted by atomic mass is 16.7. The molecule has 0 N–H and O–H groups in total. The highest BCUT2D eigenvalue weighted by Gasteiger charge is 2.06. The fourth-order valence-corrected chi connectivity index (χ4v) is 1.94. The largest absolute Gasteiger partial charge is 0.393 e. The highest BCUT2D eigenvalue weighted by Crippen LogP contribution is 2.13. The summed E-state index contributed by atoms with van der Waals surface area (Å²) in [5.41, 5.74) is 2.78. The summed E-state index contributed by atoms with van der Waals surface area (Å²) in [5.74, 6) is 0. The average molecular weight is 273 g/mol. The number of rotatable bonds is 6. The van der Waals surface area contributed by atoms with E-state index in [2.05, 4.69) is 15.3 Å². The molecule has 0 unspecified atom stereocenters. The Bertz CT molecular complexity index is 677. The molecule has 0 aliphatic carbocycles. The van der Waals surface area contributed by atoms with Crippen LogP contribution in [-0.4, -0.2) is 45.0 Å². The number of fused-ring (bicyclic) bond motifs is 1. The Kier molecular flexibility index (Phi) is 3.60. The predicted molar refractivity (Wildman–Crippen MR) is 72.2 cm³/mol. The number of methoxy groups -OCH3 is 1. The Morgan fingerprint density at radius 1 is 1.25 bits per heavy atom. The van der Waals surface area contributed by atoms with Crippen LogP contribution in [-0.2, 0) is 11.3 Å². The van der Waals surface area contributed by atoms with Crippen LogP contribution < -0.4 is 4.84 Å². The number of nitrogens with zero attached hydrogens (tertiary/aromatic N) is 5. The average Bonchev–Trinajstić information content (AvgIpc) is 3.09. The molecule has 3 aromatic rings. The van der Waals surface area contributed by atoms with Crippen LogP contribution in [0.4, 0.5) is 0 Å². The molecule has 7 heteroatoms. The lowest BCUT2D eigenvalue weighted by molar-refractivity contribution is 0.0434. The molecule has 0 bridgehead atoms. The number of benzene rings is 1. The van der Waals surface area contributed by atoms with Crippen LogP contribution in [0, 0.1) is 0 Å². The maximum Gasteiger partial charge on any atom is 0.140 e. The van der Waals surface area contributed by atoms with Crippen molar-refractivity contribution in [3.05, 3.63) is 42.5 Å². The minimum atomic E-state index is 0.431. The molecule has 1 aromatic carbocycles. The molecule has 0 saturated carbocycles. The summed E-state index contributed by atoms with van der Waals surface area (Å²) in [6.45, 7) is 1.69. The maximum absolute atomic E-state index is 5.49. The molecule has 0 aliphatic heterocycles. The highest BCUT2D eigenvalue weighted by molar-refractivity contribution is 5.74. The zero-order chi connectivity index (χ0) is 13.8. The van der Waals surface area contributed by atoms with Gasteiger partial charge < -0.3 is 14.1 Å². The molecular weight excluding hydrogens is 258 g/mol. The van der Waals surface area contributed by atoms with Gasteiger partial charge in [-0.3, -0.25) is 0 Å². The number of imidazole rings is 1. The van der Waals surface area contributed by atoms with Gasteiger partial charge in [-0.15, -0.1) is 5.10 Å². The third-order valence-corrected chi connectivity index (χ3v) is 2.90. The monoisotopic (exact) mass is 273 g/mol. The van der Waals surface area contributed by atoms with Gasteiger partial charge in [0.25, 0.3) is 0 Å². The van der Waals surface area contributed by atoms with Crippen molar-refractivity contribution in [2.45, 2.75) is 6.54 Å². The van der Waals surface area contributed by atoms with Crippen LogP contribution in [0.5, 0.6) is 0 Å². The first-order valence-corrected chi connectivity index (χ1v) is 6.29. The maximum atomic E-state index is 5.49. The lowest BCUT2D eigenvalue weighted by atomic mass is 10.2. The number of ether oxygens (including phenoxy) is 1. The molecule has 0 spiro atoms. The van der Waals surface area contributed by atoms with E-state index in [1.807, 2.05) is 29.0 Å². The molecule has 7 nitrogen and oxygen atoms in total. The molecule has 20 heavy (non-hydrogen) atoms. The zero-order valence-corrected chi connectivity index (χ0v) is 11.1. The van der Waals surface area contributed by atoms with Gasteiger partial charge in [0.2, 0.25) is 0 Å². The van der Waals surface area contributed by atoms with Gasteiger partial charge >= 0.3 is 0 Å². The Labute approximate surface area is 115 Å². The molecule has 0 saturated heterocycles. The second-order valence-electron chi connectivity index (χ2n) is 4.35. The summed E-state index contributed by atoms with van der Waals surface area (Å²) in [6.07, 6.45) is 5.47. The lowest BCUT2D eigenvalue weighted by Gasteiger charge is -2.06. The second-order valence-corrected chi connectivity index (χ2v) is 4.35. The van der Waals surface area contributed by atoms with Gasteiger partial charge in [-0.1, -0.05) is 10.9 Å². The Hall–Kier alpha value is -2.41. The van der Waals surface area contributed by atoms with Crippen molar-refractivity contribution in [3.8, 4) is 0 Å². The summed E-state index contributed by atoms with van der Waals surface area (Å²) in [5, 5.41) is 8.04. The van der Waals surface area contributed by atoms with Crippen LogP contribution in [0.15, 0.2) is 36.9 Å². The minimum absolute atomic E-state index is 0.431. The molecule has 0 atom stereocenters. The van der Waals surface area contributed by atoms with Gasteiger partial charge in [0.1, 0.15) is 17.6 Å². The first-order chi connectivity index (χ1) is 9.86. The zero-order valence-electron chi connectivity index (χ0n) is 11.1. The number of hydrogen-bond donors (Lipinski definition) is 0. The van der Waals surface area contributed by atoms with Gasteiger partial charge in [-0.2, -0.15) is 0 Å². The van der Waals surface area contributed by atoms with Crippen molar-refractivity contribution in [3.63, 3.8) is 0 Å². The van der Waals surface area contributed by atoms with Crippen LogP contribution in [0.25, 0.3) is 11.0 Å². The molecule has 0 amide bonds. The molecule has 3 rings (SSSR count). The number of aromatic nitrogens is 5. The molecule has 2 heterocycles. The van der Waals surface area contributed by atoms with Gasteiger partial charge in [0.05, 0.1) is 12.9 Å². The molecule has 0 fully saturated rings. The van der Waals surface area contributed by atoms with E-state index in [4.69, 9.17) is 9.57 Å². The molecule has 2 aromatic heterocycles. The minimum Gasteiger partial charge on any atom is -0.393 e. The summed E-state index contributed by atoms with van der Waals surface area (Å²) < 4.78 is 6.95. The summed E-state index contributed by atoms with van der Waals surface area (Å²) >= 11 is 0. The Balaban J connectivity index is 1.83. The predicted octanol–water partition coefficient (Wildman–Crippen LogP) is 0.751. The fraction of sp³-hybridized carbons (Fsp3) is 0.308. The van der Waals surface area contributed by atoms with Crippen LogP contribution in [0.3, 0.4) is 0 Å². The summed E-state index contributed by atoms with van der Waals surface area (Å²) in [4.78, 5) is 11.0. The number of hydrogen-bond acceptors (Lipinski definition) is 5. The summed E-state index contributed by atoms with van der Waals surface area (Å²) in [6, 6.07) is 5.98. The van der Waals surface area contributed by atoms with E-state index in [1.54, 1.807) is 19.6 Å². The van der Waals surface area contributed by atoms with Crippen LogP contribution in [0.2, 0.25) is 0 Å². The molecule has 104 valence electrons. The normalized spacial score (nSPS) is 11.1. The molecular formula is C13H15N5O2. The first-order valence-electron chi connectivity index (χ1n) is 6.29. The van der Waals surface area contributed by atoms with Crippen LogP contribution >= 0.6 is 0 Å². The van der Waals surface area contributed by atoms with Gasteiger partial charge in [0, 0.05) is 26.0 Å². The Morgan fingerprint density at radius 3 is 3.00 bits per heavy atom. The topological polar surface area (TPSA) is 67.0 Å². The molecule has 0 radical (unpaired) electrons. The third-order valence-electron chi connectivity index (χ3n) is 2.90. The van der Waals surface area contributed by atoms with E-state index >= 15 is 0 Å². The van der Waals surface area contributed by atoms with Crippen molar-refractivity contribution in [1.29, 1.82) is 0 Å². The van der Waals surface area contributed by atoms with Crippen molar-refractivity contribution in [1.82, 2.24) is 24.7 Å². The van der Waals surface area contributed by atoms with Crippen molar-refractivity contribution >= 4 is 11.0 Å². The van der Waals surface area contributed by atoms with Gasteiger partial charge in [-0.05, 0) is 22.9 Å². The van der Waals surface area contributed by atoms with Crippen molar-refractivity contribution < 1.29 is 9.57 Å². The third kappa shape index (κ3) is 2.62. The van der Waals surface area contributed by atoms with Gasteiger partial charge in [0.15, 0.2) is 0 Å². The van der Waals surface area contributed by atoms with Crippen molar-refractivity contribution in [2.24, 2.45) is 0 Å². The van der Waals surface area contributed by atoms with E-state index in [9.17, 15) is 0 Å². The standard InChI is InChI=1S/C13H15N5O2/c1-19-6-7-20-18-13-8-11(2-3-12(13)15-16-18)9-17-5-4-14-10-17/h2-5,8,10H,6-7,9H2,1H3. The quantitative estimate of drug-likeness (QED) is 0.620. The SMILES string of the molecule is COCCOn1nnc2ccc(Cn3ccnc3)cc21. The Morgan fingerprint density at radius 2 is 2.20 bits per heavy atom. The van der Waals surface area contributed by atoms with E-state index in [0.717, 1.165) is 23.1 Å². The van der Waals surface area contributed by atoms with Crippen molar-refractivity contribution in [2.75, 3.05) is 20.3 Å². The fourth-order valence-electron chi connectivity index (χ4n) is 1.94. The second kappa shape index (κ2) is 5.70. The first kappa shape index (κ1) is 12.6. The lowest BCUT2D eigenvalue weighted by Crippen LogP contribution is -2.17. The smallest absolute Gasteiger partial charge is 0.140 e. The summed E-state index contributed by atoms with van der Waals surface area (Å²) in [7, 11) is 1.63.